The summed E-state index contributed by atoms with van der Waals surface area (Å²) in [4.78, 5) is 23.5. The number of pyridine rings is 1. The van der Waals surface area contributed by atoms with Gasteiger partial charge in [-0.15, -0.1) is 0 Å². The van der Waals surface area contributed by atoms with Gasteiger partial charge in [-0.1, -0.05) is 0 Å². The number of hydrogen-bond acceptors (Lipinski definition) is 4. The first kappa shape index (κ1) is 12.7. The minimum atomic E-state index is -0.364. The van der Waals surface area contributed by atoms with Crippen LogP contribution in [0.3, 0.4) is 0 Å². The molecular formula is C13H17NO4. The molecular weight excluding hydrogens is 234 g/mol. The minimum Gasteiger partial charge on any atom is -0.491 e. The molecule has 1 saturated carbocycles. The zero-order valence-electron chi connectivity index (χ0n) is 10.4. The molecule has 0 saturated heterocycles. The van der Waals surface area contributed by atoms with Gasteiger partial charge in [0.25, 0.3) is 5.56 Å². The third-order valence-electron chi connectivity index (χ3n) is 3.10. The largest absolute Gasteiger partial charge is 0.491 e. The van der Waals surface area contributed by atoms with E-state index in [1.807, 2.05) is 0 Å². The molecule has 0 N–H and O–H groups in total. The molecule has 1 aliphatic carbocycles. The molecule has 1 aromatic heterocycles. The molecule has 2 rings (SSSR count). The van der Waals surface area contributed by atoms with Gasteiger partial charge in [0, 0.05) is 6.20 Å². The normalized spacial score (nSPS) is 15.6. The van der Waals surface area contributed by atoms with Crippen molar-refractivity contribution in [3.05, 3.63) is 28.7 Å². The van der Waals surface area contributed by atoms with Crippen LogP contribution in [0, 0.1) is 0 Å². The van der Waals surface area contributed by atoms with Crippen molar-refractivity contribution in [2.24, 2.45) is 0 Å². The van der Waals surface area contributed by atoms with Gasteiger partial charge in [-0.3, -0.25) is 9.59 Å². The predicted molar refractivity (Wildman–Crippen MR) is 65.6 cm³/mol. The van der Waals surface area contributed by atoms with Gasteiger partial charge < -0.3 is 14.0 Å². The van der Waals surface area contributed by atoms with E-state index in [1.54, 1.807) is 18.3 Å². The Hall–Kier alpha value is -1.78. The lowest BCUT2D eigenvalue weighted by Crippen LogP contribution is -2.27. The highest BCUT2D eigenvalue weighted by Crippen LogP contribution is 2.21. The summed E-state index contributed by atoms with van der Waals surface area (Å²) < 4.78 is 11.5. The number of ether oxygens (including phenoxy) is 2. The monoisotopic (exact) mass is 251 g/mol. The number of nitrogens with zero attached hydrogens (tertiary/aromatic N) is 1. The van der Waals surface area contributed by atoms with Crippen molar-refractivity contribution in [1.29, 1.82) is 0 Å². The lowest BCUT2D eigenvalue weighted by Gasteiger charge is -2.12. The second kappa shape index (κ2) is 5.71. The molecule has 1 fully saturated rings. The maximum absolute atomic E-state index is 11.8. The van der Waals surface area contributed by atoms with Crippen molar-refractivity contribution in [2.75, 3.05) is 7.11 Å². The molecule has 98 valence electrons. The first-order valence-corrected chi connectivity index (χ1v) is 6.13. The van der Waals surface area contributed by atoms with Gasteiger partial charge in [-0.2, -0.15) is 0 Å². The molecule has 5 nitrogen and oxygen atoms in total. The Labute approximate surface area is 105 Å². The first-order chi connectivity index (χ1) is 8.70. The van der Waals surface area contributed by atoms with Gasteiger partial charge in [0.1, 0.15) is 12.6 Å². The Morgan fingerprint density at radius 1 is 1.44 bits per heavy atom. The van der Waals surface area contributed by atoms with E-state index in [4.69, 9.17) is 9.47 Å². The average molecular weight is 251 g/mol. The summed E-state index contributed by atoms with van der Waals surface area (Å²) in [6, 6.07) is 3.24. The highest BCUT2D eigenvalue weighted by Gasteiger charge is 2.19. The molecule has 0 spiro atoms. The number of hydrogen-bond donors (Lipinski definition) is 0. The number of carbonyl (C=O) groups is 1. The average Bonchev–Trinajstić information content (AvgIpc) is 2.84. The topological polar surface area (TPSA) is 57.5 Å². The Bertz CT molecular complexity index is 474. The van der Waals surface area contributed by atoms with Gasteiger partial charge in [-0.05, 0) is 37.8 Å². The summed E-state index contributed by atoms with van der Waals surface area (Å²) in [7, 11) is 1.43. The molecule has 0 bridgehead atoms. The van der Waals surface area contributed by atoms with Crippen molar-refractivity contribution in [3.8, 4) is 5.75 Å². The number of methoxy groups -OCH3 is 1. The van der Waals surface area contributed by atoms with Crippen LogP contribution in [-0.4, -0.2) is 23.8 Å². The Kier molecular flexibility index (Phi) is 4.02. The van der Waals surface area contributed by atoms with Crippen molar-refractivity contribution in [3.63, 3.8) is 0 Å². The van der Waals surface area contributed by atoms with E-state index in [9.17, 15) is 9.59 Å². The van der Waals surface area contributed by atoms with Gasteiger partial charge in [0.05, 0.1) is 7.11 Å². The Morgan fingerprint density at radius 2 is 2.17 bits per heavy atom. The fourth-order valence-corrected chi connectivity index (χ4v) is 2.16. The van der Waals surface area contributed by atoms with E-state index >= 15 is 0 Å². The van der Waals surface area contributed by atoms with E-state index in [2.05, 4.69) is 0 Å². The molecule has 1 aromatic rings. The lowest BCUT2D eigenvalue weighted by atomic mass is 10.3. The SMILES string of the molecule is COc1cccn(CC(=O)OC2CCCC2)c1=O. The molecule has 0 atom stereocenters. The quantitative estimate of drug-likeness (QED) is 0.758. The number of carbonyl (C=O) groups excluding carboxylic acids is 1. The van der Waals surface area contributed by atoms with Crippen LogP contribution in [0.1, 0.15) is 25.7 Å². The molecule has 1 aliphatic rings. The molecule has 5 heteroatoms. The van der Waals surface area contributed by atoms with Crippen molar-refractivity contribution >= 4 is 5.97 Å². The fraction of sp³-hybridized carbons (Fsp3) is 0.538. The summed E-state index contributed by atoms with van der Waals surface area (Å²) in [5, 5.41) is 0. The molecule has 0 aromatic carbocycles. The highest BCUT2D eigenvalue weighted by atomic mass is 16.5. The second-order valence-corrected chi connectivity index (χ2v) is 4.41. The number of esters is 1. The van der Waals surface area contributed by atoms with Crippen LogP contribution in [0.4, 0.5) is 0 Å². The Morgan fingerprint density at radius 3 is 2.83 bits per heavy atom. The maximum Gasteiger partial charge on any atom is 0.326 e. The molecule has 0 radical (unpaired) electrons. The standard InChI is InChI=1S/C13H17NO4/c1-17-11-7-4-8-14(13(11)16)9-12(15)18-10-5-2-3-6-10/h4,7-8,10H,2-3,5-6,9H2,1H3. The van der Waals surface area contributed by atoms with Gasteiger partial charge >= 0.3 is 5.97 Å². The summed E-state index contributed by atoms with van der Waals surface area (Å²) in [6.45, 7) is -0.0630. The zero-order valence-corrected chi connectivity index (χ0v) is 10.4. The van der Waals surface area contributed by atoms with Crippen molar-refractivity contribution < 1.29 is 14.3 Å². The van der Waals surface area contributed by atoms with E-state index < -0.39 is 0 Å². The predicted octanol–water partition coefficient (Wildman–Crippen LogP) is 1.34. The van der Waals surface area contributed by atoms with Crippen molar-refractivity contribution in [2.45, 2.75) is 38.3 Å². The highest BCUT2D eigenvalue weighted by molar-refractivity contribution is 5.69. The van der Waals surface area contributed by atoms with Crippen LogP contribution in [-0.2, 0) is 16.1 Å². The first-order valence-electron chi connectivity index (χ1n) is 6.13. The zero-order chi connectivity index (χ0) is 13.0. The minimum absolute atomic E-state index is 0.0267. The third kappa shape index (κ3) is 2.91. The molecule has 0 aliphatic heterocycles. The Balaban J connectivity index is 2.00. The van der Waals surface area contributed by atoms with Gasteiger partial charge in [0.15, 0.2) is 5.75 Å². The number of rotatable bonds is 4. The summed E-state index contributed by atoms with van der Waals surface area (Å²) in [6.07, 6.45) is 5.66. The molecule has 0 amide bonds. The summed E-state index contributed by atoms with van der Waals surface area (Å²) >= 11 is 0. The van der Waals surface area contributed by atoms with Crippen LogP contribution in [0.15, 0.2) is 23.1 Å². The van der Waals surface area contributed by atoms with E-state index in [0.29, 0.717) is 0 Å². The van der Waals surface area contributed by atoms with Crippen LogP contribution in [0.25, 0.3) is 0 Å². The molecule has 18 heavy (non-hydrogen) atoms. The van der Waals surface area contributed by atoms with E-state index in [-0.39, 0.29) is 29.9 Å². The molecule has 0 unspecified atom stereocenters. The second-order valence-electron chi connectivity index (χ2n) is 4.41. The van der Waals surface area contributed by atoms with Crippen LogP contribution in [0.2, 0.25) is 0 Å². The smallest absolute Gasteiger partial charge is 0.326 e. The van der Waals surface area contributed by atoms with Crippen molar-refractivity contribution in [1.82, 2.24) is 4.57 Å². The third-order valence-corrected chi connectivity index (χ3v) is 3.10. The van der Waals surface area contributed by atoms with E-state index in [0.717, 1.165) is 25.7 Å². The lowest BCUT2D eigenvalue weighted by molar-refractivity contribution is -0.149. The summed E-state index contributed by atoms with van der Waals surface area (Å²) in [5.74, 6) is -0.136. The van der Waals surface area contributed by atoms with Crippen LogP contribution < -0.4 is 10.3 Å². The molecule has 1 heterocycles. The maximum atomic E-state index is 11.8. The fourth-order valence-electron chi connectivity index (χ4n) is 2.16. The van der Waals surface area contributed by atoms with Crippen LogP contribution >= 0.6 is 0 Å². The number of aromatic nitrogens is 1. The van der Waals surface area contributed by atoms with Crippen LogP contribution in [0.5, 0.6) is 5.75 Å². The van der Waals surface area contributed by atoms with E-state index in [1.165, 1.54) is 11.7 Å². The van der Waals surface area contributed by atoms with Gasteiger partial charge in [0.2, 0.25) is 0 Å². The van der Waals surface area contributed by atoms with Gasteiger partial charge in [-0.25, -0.2) is 0 Å². The summed E-state index contributed by atoms with van der Waals surface area (Å²) in [5.41, 5.74) is -0.316.